The quantitative estimate of drug-likeness (QED) is 0.211. The molecule has 0 N–H and O–H groups in total. The second-order valence-corrected chi connectivity index (χ2v) is 9.30. The van der Waals surface area contributed by atoms with Gasteiger partial charge in [0.2, 0.25) is 12.2 Å². The Hall–Kier alpha value is -2.89. The van der Waals surface area contributed by atoms with Crippen molar-refractivity contribution in [1.82, 2.24) is 24.6 Å². The van der Waals surface area contributed by atoms with Gasteiger partial charge in [0.15, 0.2) is 5.65 Å². The highest BCUT2D eigenvalue weighted by atomic mass is 35.5. The summed E-state index contributed by atoms with van der Waals surface area (Å²) in [6.45, 7) is 10.9. The van der Waals surface area contributed by atoms with Crippen molar-refractivity contribution in [2.75, 3.05) is 11.9 Å². The fourth-order valence-electron chi connectivity index (χ4n) is 3.87. The highest BCUT2D eigenvalue weighted by Crippen LogP contribution is 2.29. The maximum Gasteiger partial charge on any atom is 0.217 e. The van der Waals surface area contributed by atoms with Gasteiger partial charge >= 0.3 is 0 Å². The highest BCUT2D eigenvalue weighted by molar-refractivity contribution is 6.33. The van der Waals surface area contributed by atoms with Crippen LogP contribution in [0.4, 0.5) is 5.69 Å². The third-order valence-corrected chi connectivity index (χ3v) is 5.86. The van der Waals surface area contributed by atoms with Gasteiger partial charge in [-0.2, -0.15) is 10.4 Å². The molecule has 0 aliphatic rings. The summed E-state index contributed by atoms with van der Waals surface area (Å²) >= 11 is 12.2. The topological polar surface area (TPSA) is 86.2 Å². The molecule has 0 aromatic carbocycles. The van der Waals surface area contributed by atoms with E-state index in [1.54, 1.807) is 17.0 Å². The van der Waals surface area contributed by atoms with Crippen molar-refractivity contribution in [3.05, 3.63) is 45.5 Å². The molecule has 174 valence electrons. The Morgan fingerprint density at radius 3 is 2.33 bits per heavy atom. The molecule has 0 amide bonds. The molecule has 3 aromatic heterocycles. The first-order chi connectivity index (χ1) is 15.5. The van der Waals surface area contributed by atoms with E-state index in [-0.39, 0.29) is 16.3 Å². The number of pyridine rings is 2. The zero-order valence-corrected chi connectivity index (χ0v) is 21.4. The van der Waals surface area contributed by atoms with Crippen LogP contribution in [0, 0.1) is 18.4 Å². The Bertz CT molecular complexity index is 1220. The standard InChI is InChI=1S/C23H28Cl2N8/c1-13(2)18-8-16(28-22-21(18)15(5)30-32(22)7)11-33(14(3)4)23(27-12-26)31(6)17-9-19(24)29-20(25)10-17/h8-10,13-14H,11H2,1-7H3/b27-23-. The van der Waals surface area contributed by atoms with Crippen LogP contribution in [0.15, 0.2) is 23.2 Å². The number of fused-ring (bicyclic) bond motifs is 1. The van der Waals surface area contributed by atoms with E-state index in [1.165, 1.54) is 5.56 Å². The first kappa shape index (κ1) is 24.7. The molecule has 0 saturated carbocycles. The highest BCUT2D eigenvalue weighted by Gasteiger charge is 2.24. The van der Waals surface area contributed by atoms with E-state index in [0.29, 0.717) is 24.1 Å². The number of halogens is 2. The van der Waals surface area contributed by atoms with Gasteiger partial charge in [-0.1, -0.05) is 37.0 Å². The third kappa shape index (κ3) is 5.21. The van der Waals surface area contributed by atoms with Gasteiger partial charge in [-0.3, -0.25) is 4.68 Å². The van der Waals surface area contributed by atoms with Crippen LogP contribution in [-0.2, 0) is 13.6 Å². The second kappa shape index (κ2) is 9.94. The van der Waals surface area contributed by atoms with Crippen LogP contribution in [0.25, 0.3) is 11.0 Å². The molecule has 0 fully saturated rings. The number of nitriles is 1. The Balaban J connectivity index is 2.08. The summed E-state index contributed by atoms with van der Waals surface area (Å²) in [5, 5.41) is 15.6. The van der Waals surface area contributed by atoms with E-state index < -0.39 is 0 Å². The van der Waals surface area contributed by atoms with Crippen LogP contribution in [0.1, 0.15) is 50.6 Å². The Labute approximate surface area is 204 Å². The molecule has 0 aliphatic carbocycles. The van der Waals surface area contributed by atoms with Gasteiger partial charge in [0.05, 0.1) is 17.9 Å². The number of hydrogen-bond donors (Lipinski definition) is 0. The van der Waals surface area contributed by atoms with Crippen molar-refractivity contribution in [3.63, 3.8) is 0 Å². The fraction of sp³-hybridized carbons (Fsp3) is 0.435. The molecule has 3 heterocycles. The minimum atomic E-state index is 0.0283. The third-order valence-electron chi connectivity index (χ3n) is 5.47. The smallest absolute Gasteiger partial charge is 0.217 e. The molecule has 33 heavy (non-hydrogen) atoms. The summed E-state index contributed by atoms with van der Waals surface area (Å²) in [4.78, 5) is 16.9. The molecular formula is C23H28Cl2N8. The Morgan fingerprint density at radius 1 is 1.15 bits per heavy atom. The van der Waals surface area contributed by atoms with E-state index in [4.69, 9.17) is 28.2 Å². The van der Waals surface area contributed by atoms with E-state index in [2.05, 4.69) is 35.0 Å². The lowest BCUT2D eigenvalue weighted by Crippen LogP contribution is -2.46. The van der Waals surface area contributed by atoms with Crippen LogP contribution in [-0.4, -0.2) is 43.7 Å². The average molecular weight is 487 g/mol. The molecule has 0 saturated heterocycles. The van der Waals surface area contributed by atoms with Crippen LogP contribution in [0.5, 0.6) is 0 Å². The van der Waals surface area contributed by atoms with Gasteiger partial charge < -0.3 is 9.80 Å². The van der Waals surface area contributed by atoms with Gasteiger partial charge in [-0.05, 0) is 50.5 Å². The maximum absolute atomic E-state index is 9.45. The normalized spacial score (nSPS) is 12.0. The molecule has 0 aliphatic heterocycles. The first-order valence-electron chi connectivity index (χ1n) is 10.7. The molecule has 0 spiro atoms. The molecule has 10 heteroatoms. The summed E-state index contributed by atoms with van der Waals surface area (Å²) in [6.07, 6.45) is 1.93. The van der Waals surface area contributed by atoms with E-state index in [9.17, 15) is 5.26 Å². The lowest BCUT2D eigenvalue weighted by molar-refractivity contribution is 0.334. The number of aliphatic imine (C=N–C) groups is 1. The molecular weight excluding hydrogens is 459 g/mol. The van der Waals surface area contributed by atoms with Crippen LogP contribution in [0.3, 0.4) is 0 Å². The zero-order chi connectivity index (χ0) is 24.4. The van der Waals surface area contributed by atoms with Crippen molar-refractivity contribution in [1.29, 1.82) is 5.26 Å². The fourth-order valence-corrected chi connectivity index (χ4v) is 4.31. The number of anilines is 1. The van der Waals surface area contributed by atoms with E-state index >= 15 is 0 Å². The number of aromatic nitrogens is 4. The van der Waals surface area contributed by atoms with Gasteiger partial charge in [0.1, 0.15) is 10.3 Å². The van der Waals surface area contributed by atoms with Crippen molar-refractivity contribution in [2.45, 2.75) is 53.1 Å². The molecule has 3 rings (SSSR count). The number of rotatable bonds is 5. The van der Waals surface area contributed by atoms with Crippen LogP contribution >= 0.6 is 23.2 Å². The molecule has 3 aromatic rings. The maximum atomic E-state index is 9.45. The number of nitrogens with zero attached hydrogens (tertiary/aromatic N) is 8. The van der Waals surface area contributed by atoms with E-state index in [1.807, 2.05) is 50.6 Å². The van der Waals surface area contributed by atoms with Gasteiger partial charge in [-0.15, -0.1) is 4.99 Å². The monoisotopic (exact) mass is 486 g/mol. The van der Waals surface area contributed by atoms with Crippen molar-refractivity contribution >= 4 is 45.9 Å². The van der Waals surface area contributed by atoms with E-state index in [0.717, 1.165) is 22.4 Å². The lowest BCUT2D eigenvalue weighted by Gasteiger charge is -2.34. The first-order valence-corrected chi connectivity index (χ1v) is 11.4. The molecule has 0 bridgehead atoms. The SMILES string of the molecule is Cc1nn(C)c2nc(CN(/C(=N\C#N)N(C)c3cc(Cl)nc(Cl)c3)C(C)C)cc(C(C)C)c12. The average Bonchev–Trinajstić information content (AvgIpc) is 3.02. The van der Waals surface area contributed by atoms with Crippen LogP contribution in [0.2, 0.25) is 10.3 Å². The summed E-state index contributed by atoms with van der Waals surface area (Å²) in [7, 11) is 3.72. The molecule has 0 unspecified atom stereocenters. The predicted octanol–water partition coefficient (Wildman–Crippen LogP) is 5.29. The summed E-state index contributed by atoms with van der Waals surface area (Å²) < 4.78 is 1.82. The van der Waals surface area contributed by atoms with Crippen molar-refractivity contribution in [2.24, 2.45) is 12.0 Å². The summed E-state index contributed by atoms with van der Waals surface area (Å²) in [6, 6.07) is 5.51. The minimum Gasteiger partial charge on any atom is -0.333 e. The zero-order valence-electron chi connectivity index (χ0n) is 19.9. The number of aryl methyl sites for hydroxylation is 2. The molecule has 0 atom stereocenters. The van der Waals surface area contributed by atoms with Crippen LogP contribution < -0.4 is 4.90 Å². The lowest BCUT2D eigenvalue weighted by atomic mass is 9.98. The molecule has 0 radical (unpaired) electrons. The summed E-state index contributed by atoms with van der Waals surface area (Å²) in [5.41, 5.74) is 4.55. The van der Waals surface area contributed by atoms with Gasteiger partial charge in [-0.25, -0.2) is 9.97 Å². The number of hydrogen-bond acceptors (Lipinski definition) is 5. The minimum absolute atomic E-state index is 0.0283. The predicted molar refractivity (Wildman–Crippen MR) is 134 cm³/mol. The van der Waals surface area contributed by atoms with Gasteiger partial charge in [0.25, 0.3) is 0 Å². The van der Waals surface area contributed by atoms with Gasteiger partial charge in [0, 0.05) is 31.2 Å². The second-order valence-electron chi connectivity index (χ2n) is 8.53. The Morgan fingerprint density at radius 2 is 1.79 bits per heavy atom. The molecule has 8 nitrogen and oxygen atoms in total. The largest absolute Gasteiger partial charge is 0.333 e. The Kier molecular flexibility index (Phi) is 7.45. The number of guanidine groups is 1. The van der Waals surface area contributed by atoms with Crippen molar-refractivity contribution < 1.29 is 0 Å². The summed E-state index contributed by atoms with van der Waals surface area (Å²) in [5.74, 6) is 0.765. The van der Waals surface area contributed by atoms with Crippen molar-refractivity contribution in [3.8, 4) is 6.19 Å².